The van der Waals surface area contributed by atoms with Gasteiger partial charge >= 0.3 is 5.97 Å². The highest BCUT2D eigenvalue weighted by Gasteiger charge is 2.46. The van der Waals surface area contributed by atoms with Gasteiger partial charge in [-0.2, -0.15) is 0 Å². The topological polar surface area (TPSA) is 39.2 Å². The molecule has 3 heteroatoms. The van der Waals surface area contributed by atoms with Crippen molar-refractivity contribution in [1.29, 1.82) is 0 Å². The lowest BCUT2D eigenvalue weighted by Gasteiger charge is -2.03. The Hall–Kier alpha value is -1.90. The van der Waals surface area contributed by atoms with E-state index in [2.05, 4.69) is 11.1 Å². The Morgan fingerprint density at radius 2 is 2.17 bits per heavy atom. The van der Waals surface area contributed by atoms with Crippen LogP contribution in [-0.2, 0) is 9.53 Å². The predicted octanol–water partition coefficient (Wildman–Crippen LogP) is 2.90. The number of benzene rings is 1. The van der Waals surface area contributed by atoms with Crippen LogP contribution in [0.5, 0.6) is 0 Å². The van der Waals surface area contributed by atoms with E-state index in [0.717, 1.165) is 23.0 Å². The molecule has 0 radical (unpaired) electrons. The van der Waals surface area contributed by atoms with E-state index >= 15 is 0 Å². The fraction of sp³-hybridized carbons (Fsp3) is 0.333. The van der Waals surface area contributed by atoms with E-state index in [4.69, 9.17) is 4.74 Å². The maximum Gasteiger partial charge on any atom is 0.309 e. The summed E-state index contributed by atoms with van der Waals surface area (Å²) in [5, 5.41) is 1.13. The molecule has 1 aromatic carbocycles. The highest BCUT2D eigenvalue weighted by atomic mass is 16.5. The number of hydrogen-bond donors (Lipinski definition) is 0. The minimum absolute atomic E-state index is 0.0126. The Bertz CT molecular complexity index is 594. The lowest BCUT2D eigenvalue weighted by Crippen LogP contribution is -2.07. The van der Waals surface area contributed by atoms with E-state index < -0.39 is 0 Å². The lowest BCUT2D eigenvalue weighted by atomic mass is 10.1. The fourth-order valence-corrected chi connectivity index (χ4v) is 2.32. The number of pyridine rings is 1. The Morgan fingerprint density at radius 3 is 3.00 bits per heavy atom. The molecule has 0 aliphatic heterocycles. The van der Waals surface area contributed by atoms with Crippen LogP contribution >= 0.6 is 0 Å². The first-order valence-electron chi connectivity index (χ1n) is 6.32. The molecule has 3 rings (SSSR count). The van der Waals surface area contributed by atoms with Crippen molar-refractivity contribution >= 4 is 16.9 Å². The smallest absolute Gasteiger partial charge is 0.309 e. The third-order valence-electron chi connectivity index (χ3n) is 3.38. The van der Waals surface area contributed by atoms with Crippen molar-refractivity contribution in [3.63, 3.8) is 0 Å². The van der Waals surface area contributed by atoms with Crippen LogP contribution in [0.4, 0.5) is 0 Å². The third-order valence-corrected chi connectivity index (χ3v) is 3.38. The number of fused-ring (bicyclic) bond motifs is 1. The highest BCUT2D eigenvalue weighted by molar-refractivity contribution is 5.80. The normalized spacial score (nSPS) is 21.8. The summed E-state index contributed by atoms with van der Waals surface area (Å²) < 4.78 is 5.04. The number of nitrogens with zero attached hydrogens (tertiary/aromatic N) is 1. The maximum atomic E-state index is 11.6. The molecule has 2 unspecified atom stereocenters. The first-order chi connectivity index (χ1) is 8.79. The van der Waals surface area contributed by atoms with Gasteiger partial charge in [-0.1, -0.05) is 24.3 Å². The number of aromatic nitrogens is 1. The van der Waals surface area contributed by atoms with Gasteiger partial charge in [0.1, 0.15) is 0 Å². The molecule has 1 aromatic heterocycles. The Labute approximate surface area is 106 Å². The van der Waals surface area contributed by atoms with Gasteiger partial charge in [-0.15, -0.1) is 0 Å². The van der Waals surface area contributed by atoms with Gasteiger partial charge in [0.25, 0.3) is 0 Å². The van der Waals surface area contributed by atoms with Gasteiger partial charge in [0.05, 0.1) is 18.0 Å². The first-order valence-corrected chi connectivity index (χ1v) is 6.32. The Balaban J connectivity index is 1.82. The Kier molecular flexibility index (Phi) is 2.74. The quantitative estimate of drug-likeness (QED) is 0.776. The van der Waals surface area contributed by atoms with Crippen LogP contribution < -0.4 is 0 Å². The second-order valence-electron chi connectivity index (χ2n) is 4.63. The van der Waals surface area contributed by atoms with Gasteiger partial charge in [0.15, 0.2) is 0 Å². The molecule has 18 heavy (non-hydrogen) atoms. The van der Waals surface area contributed by atoms with Crippen LogP contribution in [0.2, 0.25) is 0 Å². The van der Waals surface area contributed by atoms with Crippen molar-refractivity contribution in [2.75, 3.05) is 6.61 Å². The maximum absolute atomic E-state index is 11.6. The fourth-order valence-electron chi connectivity index (χ4n) is 2.32. The van der Waals surface area contributed by atoms with Crippen LogP contribution in [0.15, 0.2) is 36.4 Å². The molecule has 92 valence electrons. The number of esters is 1. The molecule has 0 N–H and O–H groups in total. The molecule has 1 saturated carbocycles. The zero-order chi connectivity index (χ0) is 12.5. The minimum Gasteiger partial charge on any atom is -0.466 e. The average Bonchev–Trinajstić information content (AvgIpc) is 3.19. The van der Waals surface area contributed by atoms with E-state index in [0.29, 0.717) is 6.61 Å². The summed E-state index contributed by atoms with van der Waals surface area (Å²) in [5.74, 6) is 0.171. The van der Waals surface area contributed by atoms with Gasteiger partial charge < -0.3 is 4.74 Å². The summed E-state index contributed by atoms with van der Waals surface area (Å²) in [6.45, 7) is 2.29. The van der Waals surface area contributed by atoms with Crippen molar-refractivity contribution in [3.8, 4) is 0 Å². The van der Waals surface area contributed by atoms with Gasteiger partial charge in [0, 0.05) is 17.0 Å². The molecule has 0 spiro atoms. The number of hydrogen-bond acceptors (Lipinski definition) is 3. The summed E-state index contributed by atoms with van der Waals surface area (Å²) in [5.41, 5.74) is 2.00. The second-order valence-corrected chi connectivity index (χ2v) is 4.63. The zero-order valence-electron chi connectivity index (χ0n) is 10.3. The Morgan fingerprint density at radius 1 is 1.33 bits per heavy atom. The standard InChI is InChI=1S/C15H15NO2/c1-2-18-15(17)12-9-11(12)14-8-7-10-5-3-4-6-13(10)16-14/h3-8,11-12H,2,9H2,1H3. The van der Waals surface area contributed by atoms with E-state index in [1.165, 1.54) is 0 Å². The molecule has 0 amide bonds. The van der Waals surface area contributed by atoms with Crippen LogP contribution in [0, 0.1) is 5.92 Å². The van der Waals surface area contributed by atoms with Crippen LogP contribution in [-0.4, -0.2) is 17.6 Å². The number of ether oxygens (including phenoxy) is 1. The van der Waals surface area contributed by atoms with Gasteiger partial charge in [0.2, 0.25) is 0 Å². The number of rotatable bonds is 3. The number of carbonyl (C=O) groups is 1. The average molecular weight is 241 g/mol. The molecule has 0 bridgehead atoms. The van der Waals surface area contributed by atoms with E-state index in [-0.39, 0.29) is 17.8 Å². The number of para-hydroxylation sites is 1. The third kappa shape index (κ3) is 1.96. The van der Waals surface area contributed by atoms with Crippen LogP contribution in [0.25, 0.3) is 10.9 Å². The summed E-state index contributed by atoms with van der Waals surface area (Å²) in [6.07, 6.45) is 0.865. The monoisotopic (exact) mass is 241 g/mol. The molecular weight excluding hydrogens is 226 g/mol. The van der Waals surface area contributed by atoms with E-state index in [9.17, 15) is 4.79 Å². The first kappa shape index (κ1) is 11.2. The second kappa shape index (κ2) is 4.41. The van der Waals surface area contributed by atoms with E-state index in [1.807, 2.05) is 37.3 Å². The van der Waals surface area contributed by atoms with Crippen molar-refractivity contribution in [2.45, 2.75) is 19.3 Å². The van der Waals surface area contributed by atoms with Gasteiger partial charge in [-0.05, 0) is 25.5 Å². The molecule has 2 aromatic rings. The van der Waals surface area contributed by atoms with Crippen molar-refractivity contribution in [1.82, 2.24) is 4.98 Å². The molecular formula is C15H15NO2. The van der Waals surface area contributed by atoms with Crippen molar-refractivity contribution < 1.29 is 9.53 Å². The van der Waals surface area contributed by atoms with Crippen LogP contribution in [0.1, 0.15) is 25.0 Å². The lowest BCUT2D eigenvalue weighted by molar-refractivity contribution is -0.144. The van der Waals surface area contributed by atoms with Gasteiger partial charge in [-0.3, -0.25) is 9.78 Å². The SMILES string of the molecule is CCOC(=O)C1CC1c1ccc2ccccc2n1. The molecule has 2 atom stereocenters. The molecule has 1 heterocycles. The number of carbonyl (C=O) groups excluding carboxylic acids is 1. The van der Waals surface area contributed by atoms with Crippen molar-refractivity contribution in [3.05, 3.63) is 42.1 Å². The van der Waals surface area contributed by atoms with E-state index in [1.54, 1.807) is 0 Å². The molecule has 1 aliphatic rings. The summed E-state index contributed by atoms with van der Waals surface area (Å²) in [4.78, 5) is 16.2. The summed E-state index contributed by atoms with van der Waals surface area (Å²) >= 11 is 0. The molecule has 1 fully saturated rings. The highest BCUT2D eigenvalue weighted by Crippen LogP contribution is 2.47. The summed E-state index contributed by atoms with van der Waals surface area (Å²) in [6, 6.07) is 12.1. The minimum atomic E-state index is -0.0857. The predicted molar refractivity (Wildman–Crippen MR) is 69.2 cm³/mol. The van der Waals surface area contributed by atoms with Gasteiger partial charge in [-0.25, -0.2) is 0 Å². The van der Waals surface area contributed by atoms with Crippen LogP contribution in [0.3, 0.4) is 0 Å². The van der Waals surface area contributed by atoms with Crippen molar-refractivity contribution in [2.24, 2.45) is 5.92 Å². The largest absolute Gasteiger partial charge is 0.466 e. The zero-order valence-corrected chi connectivity index (χ0v) is 10.3. The molecule has 1 aliphatic carbocycles. The molecule has 3 nitrogen and oxygen atoms in total. The summed E-state index contributed by atoms with van der Waals surface area (Å²) in [7, 11) is 0. The molecule has 0 saturated heterocycles.